The summed E-state index contributed by atoms with van der Waals surface area (Å²) in [6.45, 7) is 1.98. The highest BCUT2D eigenvalue weighted by molar-refractivity contribution is 7.92. The van der Waals surface area contributed by atoms with Crippen molar-refractivity contribution in [1.82, 2.24) is 15.3 Å². The smallest absolute Gasteiger partial charge is 0.255 e. The predicted octanol–water partition coefficient (Wildman–Crippen LogP) is 6.78. The number of aryl methyl sites for hydroxylation is 1. The topological polar surface area (TPSA) is 132 Å². The number of nitrogens with one attached hydrogen (secondary N) is 1. The number of benzene rings is 3. The van der Waals surface area contributed by atoms with E-state index in [0.717, 1.165) is 22.8 Å². The van der Waals surface area contributed by atoms with Gasteiger partial charge in [-0.15, -0.1) is 0 Å². The fourth-order valence-corrected chi connectivity index (χ4v) is 5.85. The molecule has 7 aromatic rings. The Balaban J connectivity index is 1.53. The van der Waals surface area contributed by atoms with E-state index in [-0.39, 0.29) is 5.91 Å². The fraction of sp³-hybridized carbons (Fsp3) is 0.121. The van der Waals surface area contributed by atoms with Gasteiger partial charge in [0.25, 0.3) is 5.91 Å². The summed E-state index contributed by atoms with van der Waals surface area (Å²) in [6, 6.07) is 20.2. The van der Waals surface area contributed by atoms with Gasteiger partial charge in [0.05, 0.1) is 29.3 Å². The number of furan rings is 2. The molecule has 3 aromatic carbocycles. The van der Waals surface area contributed by atoms with E-state index in [1.54, 1.807) is 43.8 Å². The molecule has 0 saturated heterocycles. The number of hydrogen-bond acceptors (Lipinski definition) is 8. The maximum absolute atomic E-state index is 13.3. The van der Waals surface area contributed by atoms with Gasteiger partial charge in [-0.25, -0.2) is 13.4 Å². The van der Waals surface area contributed by atoms with Crippen LogP contribution < -0.4 is 9.62 Å². The summed E-state index contributed by atoms with van der Waals surface area (Å²) in [6.07, 6.45) is 4.34. The van der Waals surface area contributed by atoms with Crippen molar-refractivity contribution in [3.63, 3.8) is 0 Å². The van der Waals surface area contributed by atoms with Crippen molar-refractivity contribution in [3.8, 4) is 33.9 Å². The Labute approximate surface area is 252 Å². The van der Waals surface area contributed by atoms with E-state index in [1.807, 2.05) is 49.4 Å². The zero-order chi connectivity index (χ0) is 30.7. The largest absolute Gasteiger partial charge is 0.464 e. The Morgan fingerprint density at radius 2 is 1.73 bits per heavy atom. The lowest BCUT2D eigenvalue weighted by atomic mass is 9.96. The van der Waals surface area contributed by atoms with Crippen molar-refractivity contribution < 1.29 is 26.5 Å². The van der Waals surface area contributed by atoms with Gasteiger partial charge in [-0.1, -0.05) is 29.8 Å². The summed E-state index contributed by atoms with van der Waals surface area (Å²) in [5, 5.41) is 4.00. The molecule has 7 rings (SSSR count). The van der Waals surface area contributed by atoms with Crippen LogP contribution in [0, 0.1) is 6.92 Å². The first-order chi connectivity index (χ1) is 21.1. The van der Waals surface area contributed by atoms with Gasteiger partial charge in [0.2, 0.25) is 15.9 Å². The summed E-state index contributed by atoms with van der Waals surface area (Å²) < 4.78 is 45.1. The van der Waals surface area contributed by atoms with Crippen LogP contribution in [0.4, 0.5) is 5.69 Å². The third-order valence-electron chi connectivity index (χ3n) is 7.67. The van der Waals surface area contributed by atoms with Gasteiger partial charge >= 0.3 is 0 Å². The SMILES string of the molecule is CNC(=O)c1c(-c2ccc(C)cc2)oc2cc(N(C)S(C)(=O)=O)c(-c3cc(-c4nc5ncccc5o4)c4occc4c3)cc12. The average Bonchev–Trinajstić information content (AvgIpc) is 3.75. The van der Waals surface area contributed by atoms with Crippen molar-refractivity contribution in [2.24, 2.45) is 0 Å². The number of carbonyl (C=O) groups excluding carboxylic acids is 1. The monoisotopic (exact) mass is 606 g/mol. The Kier molecular flexibility index (Phi) is 6.29. The summed E-state index contributed by atoms with van der Waals surface area (Å²) in [4.78, 5) is 22.2. The zero-order valence-corrected chi connectivity index (χ0v) is 25.0. The number of anilines is 1. The molecule has 0 aliphatic rings. The number of carbonyl (C=O) groups is 1. The second-order valence-electron chi connectivity index (χ2n) is 10.6. The number of rotatable bonds is 6. The normalized spacial score (nSPS) is 11.9. The highest BCUT2D eigenvalue weighted by Gasteiger charge is 2.27. The molecule has 0 unspecified atom stereocenters. The molecular formula is C33H26N4O6S. The van der Waals surface area contributed by atoms with Crippen LogP contribution in [0.5, 0.6) is 0 Å². The molecular weight excluding hydrogens is 580 g/mol. The molecule has 0 aliphatic carbocycles. The molecule has 0 spiro atoms. The fourth-order valence-electron chi connectivity index (χ4n) is 5.34. The molecule has 4 aromatic heterocycles. The second-order valence-corrected chi connectivity index (χ2v) is 12.6. The van der Waals surface area contributed by atoms with E-state index in [2.05, 4.69) is 15.3 Å². The maximum Gasteiger partial charge on any atom is 0.255 e. The van der Waals surface area contributed by atoms with Crippen molar-refractivity contribution in [2.75, 3.05) is 24.7 Å². The molecule has 0 bridgehead atoms. The highest BCUT2D eigenvalue weighted by Crippen LogP contribution is 2.43. The Morgan fingerprint density at radius 3 is 2.45 bits per heavy atom. The summed E-state index contributed by atoms with van der Waals surface area (Å²) >= 11 is 0. The maximum atomic E-state index is 13.3. The van der Waals surface area contributed by atoms with Crippen LogP contribution in [0.2, 0.25) is 0 Å². The minimum absolute atomic E-state index is 0.301. The molecule has 0 radical (unpaired) electrons. The molecule has 0 atom stereocenters. The van der Waals surface area contributed by atoms with Gasteiger partial charge in [-0.05, 0) is 48.9 Å². The Hall–Kier alpha value is -5.42. The minimum Gasteiger partial charge on any atom is -0.464 e. The number of fused-ring (bicyclic) bond motifs is 3. The van der Waals surface area contributed by atoms with Gasteiger partial charge in [-0.2, -0.15) is 4.98 Å². The quantitative estimate of drug-likeness (QED) is 0.219. The molecule has 1 amide bonds. The molecule has 44 heavy (non-hydrogen) atoms. The lowest BCUT2D eigenvalue weighted by Gasteiger charge is -2.21. The number of oxazole rings is 1. The molecule has 1 N–H and O–H groups in total. The molecule has 0 saturated carbocycles. The summed E-state index contributed by atoms with van der Waals surface area (Å²) in [5.41, 5.74) is 6.13. The Morgan fingerprint density at radius 1 is 0.932 bits per heavy atom. The minimum atomic E-state index is -3.69. The lowest BCUT2D eigenvalue weighted by Crippen LogP contribution is -2.25. The highest BCUT2D eigenvalue weighted by atomic mass is 32.2. The van der Waals surface area contributed by atoms with Gasteiger partial charge in [0.1, 0.15) is 16.9 Å². The second kappa shape index (κ2) is 10.1. The summed E-state index contributed by atoms with van der Waals surface area (Å²) in [5.74, 6) is 0.351. The van der Waals surface area contributed by atoms with Gasteiger partial charge in [0.15, 0.2) is 11.2 Å². The van der Waals surface area contributed by atoms with Crippen LogP contribution in [-0.2, 0) is 10.0 Å². The van der Waals surface area contributed by atoms with Crippen LogP contribution in [0.15, 0.2) is 92.4 Å². The van der Waals surface area contributed by atoms with Crippen molar-refractivity contribution >= 4 is 54.8 Å². The first kappa shape index (κ1) is 27.4. The van der Waals surface area contributed by atoms with E-state index >= 15 is 0 Å². The van der Waals surface area contributed by atoms with E-state index in [9.17, 15) is 13.2 Å². The van der Waals surface area contributed by atoms with E-state index in [1.165, 1.54) is 11.4 Å². The van der Waals surface area contributed by atoms with E-state index in [0.29, 0.717) is 67.4 Å². The lowest BCUT2D eigenvalue weighted by molar-refractivity contribution is 0.0964. The number of sulfonamides is 1. The average molecular weight is 607 g/mol. The number of aromatic nitrogens is 2. The first-order valence-electron chi connectivity index (χ1n) is 13.7. The predicted molar refractivity (Wildman–Crippen MR) is 169 cm³/mol. The van der Waals surface area contributed by atoms with E-state index < -0.39 is 10.0 Å². The van der Waals surface area contributed by atoms with Crippen molar-refractivity contribution in [2.45, 2.75) is 6.92 Å². The molecule has 220 valence electrons. The van der Waals surface area contributed by atoms with Gasteiger partial charge in [0, 0.05) is 48.3 Å². The van der Waals surface area contributed by atoms with Crippen LogP contribution in [0.3, 0.4) is 0 Å². The number of pyridine rings is 1. The molecule has 11 heteroatoms. The standard InChI is InChI=1S/C33H26N4O6S/c1-18-7-9-19(10-8-18)30-28(32(38)34-2)23-16-22(25(17-27(23)42-30)37(3)44(4,39)40)21-14-20-11-13-41-29(20)24(15-21)33-36-31-26(43-33)6-5-12-35-31/h5-17H,1-4H3,(H,34,38). The van der Waals surface area contributed by atoms with Gasteiger partial charge < -0.3 is 18.6 Å². The van der Waals surface area contributed by atoms with Crippen LogP contribution in [0.1, 0.15) is 15.9 Å². The molecule has 0 fully saturated rings. The number of nitrogens with zero attached hydrogens (tertiary/aromatic N) is 3. The number of amides is 1. The molecule has 4 heterocycles. The first-order valence-corrected chi connectivity index (χ1v) is 15.5. The third-order valence-corrected chi connectivity index (χ3v) is 8.86. The van der Waals surface area contributed by atoms with E-state index in [4.69, 9.17) is 13.3 Å². The Bertz CT molecular complexity index is 2320. The third kappa shape index (κ3) is 4.49. The molecule has 0 aliphatic heterocycles. The van der Waals surface area contributed by atoms with Gasteiger partial charge in [-0.3, -0.25) is 9.10 Å². The molecule has 10 nitrogen and oxygen atoms in total. The van der Waals surface area contributed by atoms with Crippen LogP contribution in [0.25, 0.3) is 67.1 Å². The summed E-state index contributed by atoms with van der Waals surface area (Å²) in [7, 11) is -0.657. The van der Waals surface area contributed by atoms with Crippen LogP contribution in [-0.4, -0.2) is 44.6 Å². The zero-order valence-electron chi connectivity index (χ0n) is 24.2. The van der Waals surface area contributed by atoms with Crippen molar-refractivity contribution in [1.29, 1.82) is 0 Å². The van der Waals surface area contributed by atoms with Crippen molar-refractivity contribution in [3.05, 3.63) is 90.3 Å². The van der Waals surface area contributed by atoms with Crippen LogP contribution >= 0.6 is 0 Å². The number of hydrogen-bond donors (Lipinski definition) is 1.